The van der Waals surface area contributed by atoms with Crippen LogP contribution in [-0.4, -0.2) is 33.2 Å². The van der Waals surface area contributed by atoms with Crippen molar-refractivity contribution >= 4 is 23.0 Å². The van der Waals surface area contributed by atoms with E-state index in [0.717, 1.165) is 11.3 Å². The van der Waals surface area contributed by atoms with E-state index < -0.39 is 0 Å². The van der Waals surface area contributed by atoms with E-state index in [1.54, 1.807) is 37.4 Å². The number of aromatic nitrogens is 4. The zero-order valence-electron chi connectivity index (χ0n) is 16.7. The second-order valence-corrected chi connectivity index (χ2v) is 6.51. The standard InChI is InChI=1S/C22H19N7O2/c1-31-20-9-5-6-16(14-20)22-26-28-29(27-22)15-21(30)23-17-10-12-19(13-11-17)25-24-18-7-3-2-4-8-18/h2-14H,15H2,1H3,(H,23,30). The number of rotatable bonds is 7. The minimum Gasteiger partial charge on any atom is -0.497 e. The zero-order chi connectivity index (χ0) is 21.5. The number of nitrogens with zero attached hydrogens (tertiary/aromatic N) is 6. The van der Waals surface area contributed by atoms with E-state index in [-0.39, 0.29) is 12.5 Å². The molecule has 0 spiro atoms. The molecule has 9 heteroatoms. The Morgan fingerprint density at radius 1 is 0.968 bits per heavy atom. The lowest BCUT2D eigenvalue weighted by Crippen LogP contribution is -2.20. The Balaban J connectivity index is 1.35. The number of carbonyl (C=O) groups is 1. The van der Waals surface area contributed by atoms with Gasteiger partial charge in [-0.3, -0.25) is 4.79 Å². The molecule has 9 nitrogen and oxygen atoms in total. The average Bonchev–Trinajstić information content (AvgIpc) is 3.27. The van der Waals surface area contributed by atoms with E-state index >= 15 is 0 Å². The number of azo groups is 1. The molecule has 0 saturated heterocycles. The molecule has 4 aromatic rings. The van der Waals surface area contributed by atoms with Crippen LogP contribution >= 0.6 is 0 Å². The van der Waals surface area contributed by atoms with E-state index in [1.165, 1.54) is 4.80 Å². The Morgan fingerprint density at radius 2 is 1.71 bits per heavy atom. The number of tetrazole rings is 1. The van der Waals surface area contributed by atoms with Crippen LogP contribution in [0.25, 0.3) is 11.4 Å². The quantitative estimate of drug-likeness (QED) is 0.452. The fourth-order valence-electron chi connectivity index (χ4n) is 2.74. The van der Waals surface area contributed by atoms with E-state index in [9.17, 15) is 4.79 Å². The van der Waals surface area contributed by atoms with Gasteiger partial charge in [0, 0.05) is 11.3 Å². The summed E-state index contributed by atoms with van der Waals surface area (Å²) < 4.78 is 5.20. The van der Waals surface area contributed by atoms with Crippen molar-refractivity contribution in [3.8, 4) is 17.1 Å². The Morgan fingerprint density at radius 3 is 2.45 bits per heavy atom. The van der Waals surface area contributed by atoms with Crippen LogP contribution in [0.3, 0.4) is 0 Å². The van der Waals surface area contributed by atoms with Gasteiger partial charge in [0.05, 0.1) is 18.5 Å². The van der Waals surface area contributed by atoms with E-state index in [4.69, 9.17) is 4.74 Å². The van der Waals surface area contributed by atoms with Crippen molar-refractivity contribution < 1.29 is 9.53 Å². The van der Waals surface area contributed by atoms with Crippen LogP contribution < -0.4 is 10.1 Å². The van der Waals surface area contributed by atoms with Gasteiger partial charge in [-0.2, -0.15) is 15.0 Å². The van der Waals surface area contributed by atoms with Crippen molar-refractivity contribution in [3.05, 3.63) is 78.9 Å². The Labute approximate surface area is 178 Å². The lowest BCUT2D eigenvalue weighted by Gasteiger charge is -2.04. The maximum absolute atomic E-state index is 12.3. The van der Waals surface area contributed by atoms with Crippen molar-refractivity contribution in [2.24, 2.45) is 10.2 Å². The molecular formula is C22H19N7O2. The maximum Gasteiger partial charge on any atom is 0.248 e. The summed E-state index contributed by atoms with van der Waals surface area (Å²) in [4.78, 5) is 13.6. The summed E-state index contributed by atoms with van der Waals surface area (Å²) in [5, 5.41) is 23.3. The number of hydrogen-bond acceptors (Lipinski definition) is 7. The number of hydrogen-bond donors (Lipinski definition) is 1. The molecule has 3 aromatic carbocycles. The molecule has 0 saturated carbocycles. The molecule has 154 valence electrons. The third kappa shape index (κ3) is 5.36. The molecule has 31 heavy (non-hydrogen) atoms. The molecule has 0 aliphatic rings. The maximum atomic E-state index is 12.3. The van der Waals surface area contributed by atoms with E-state index in [1.807, 2.05) is 48.5 Å². The number of benzene rings is 3. The Bertz CT molecular complexity index is 1190. The summed E-state index contributed by atoms with van der Waals surface area (Å²) in [7, 11) is 1.59. The van der Waals surface area contributed by atoms with Gasteiger partial charge in [-0.1, -0.05) is 30.3 Å². The summed E-state index contributed by atoms with van der Waals surface area (Å²) >= 11 is 0. The highest BCUT2D eigenvalue weighted by Crippen LogP contribution is 2.21. The molecule has 0 unspecified atom stereocenters. The van der Waals surface area contributed by atoms with Gasteiger partial charge in [-0.25, -0.2) is 0 Å². The molecule has 0 radical (unpaired) electrons. The largest absolute Gasteiger partial charge is 0.497 e. The van der Waals surface area contributed by atoms with Crippen LogP contribution in [0.2, 0.25) is 0 Å². The number of ether oxygens (including phenoxy) is 1. The predicted octanol–water partition coefficient (Wildman–Crippen LogP) is 4.40. The molecule has 4 rings (SSSR count). The van der Waals surface area contributed by atoms with Crippen LogP contribution in [0.4, 0.5) is 17.1 Å². The first-order valence-corrected chi connectivity index (χ1v) is 9.48. The van der Waals surface area contributed by atoms with Gasteiger partial charge in [-0.05, 0) is 53.7 Å². The summed E-state index contributed by atoms with van der Waals surface area (Å²) in [6.07, 6.45) is 0. The summed E-state index contributed by atoms with van der Waals surface area (Å²) in [6, 6.07) is 23.8. The van der Waals surface area contributed by atoms with Crippen molar-refractivity contribution in [2.75, 3.05) is 12.4 Å². The molecule has 0 fully saturated rings. The molecular weight excluding hydrogens is 394 g/mol. The third-order valence-electron chi connectivity index (χ3n) is 4.25. The third-order valence-corrected chi connectivity index (χ3v) is 4.25. The van der Waals surface area contributed by atoms with Crippen LogP contribution in [0.5, 0.6) is 5.75 Å². The molecule has 1 N–H and O–H groups in total. The molecule has 0 aliphatic carbocycles. The van der Waals surface area contributed by atoms with Crippen molar-refractivity contribution in [1.82, 2.24) is 20.2 Å². The van der Waals surface area contributed by atoms with Gasteiger partial charge < -0.3 is 10.1 Å². The first-order chi connectivity index (χ1) is 15.2. The fourth-order valence-corrected chi connectivity index (χ4v) is 2.74. The highest BCUT2D eigenvalue weighted by atomic mass is 16.5. The average molecular weight is 413 g/mol. The Hall–Kier alpha value is -4.40. The van der Waals surface area contributed by atoms with Crippen molar-refractivity contribution in [2.45, 2.75) is 6.54 Å². The van der Waals surface area contributed by atoms with Crippen LogP contribution in [0.1, 0.15) is 0 Å². The summed E-state index contributed by atoms with van der Waals surface area (Å²) in [6.45, 7) is -0.0631. The summed E-state index contributed by atoms with van der Waals surface area (Å²) in [5.41, 5.74) is 2.85. The molecule has 1 heterocycles. The molecule has 0 atom stereocenters. The first-order valence-electron chi connectivity index (χ1n) is 9.48. The molecule has 1 aromatic heterocycles. The number of methoxy groups -OCH3 is 1. The van der Waals surface area contributed by atoms with Crippen LogP contribution in [0, 0.1) is 0 Å². The molecule has 0 aliphatic heterocycles. The van der Waals surface area contributed by atoms with Gasteiger partial charge in [0.2, 0.25) is 11.7 Å². The number of anilines is 1. The Kier molecular flexibility index (Phi) is 6.03. The number of amides is 1. The molecule has 0 bridgehead atoms. The van der Waals surface area contributed by atoms with Gasteiger partial charge in [0.15, 0.2) is 0 Å². The topological polar surface area (TPSA) is 107 Å². The van der Waals surface area contributed by atoms with Gasteiger partial charge in [-0.15, -0.1) is 10.2 Å². The zero-order valence-corrected chi connectivity index (χ0v) is 16.7. The minimum atomic E-state index is -0.270. The smallest absolute Gasteiger partial charge is 0.248 e. The van der Waals surface area contributed by atoms with Crippen LogP contribution in [-0.2, 0) is 11.3 Å². The second-order valence-electron chi connectivity index (χ2n) is 6.51. The monoisotopic (exact) mass is 413 g/mol. The highest BCUT2D eigenvalue weighted by molar-refractivity contribution is 5.90. The second kappa shape index (κ2) is 9.40. The van der Waals surface area contributed by atoms with Crippen molar-refractivity contribution in [1.29, 1.82) is 0 Å². The lowest BCUT2D eigenvalue weighted by atomic mass is 10.2. The number of carbonyl (C=O) groups excluding carboxylic acids is 1. The normalized spacial score (nSPS) is 10.9. The first kappa shape index (κ1) is 19.9. The predicted molar refractivity (Wildman–Crippen MR) is 115 cm³/mol. The molecule has 1 amide bonds. The van der Waals surface area contributed by atoms with E-state index in [0.29, 0.717) is 22.9 Å². The van der Waals surface area contributed by atoms with Gasteiger partial charge in [0.25, 0.3) is 0 Å². The SMILES string of the molecule is COc1cccc(-c2nnn(CC(=O)Nc3ccc(N=Nc4ccccc4)cc3)n2)c1. The highest BCUT2D eigenvalue weighted by Gasteiger charge is 2.10. The van der Waals surface area contributed by atoms with Gasteiger partial charge >= 0.3 is 0 Å². The summed E-state index contributed by atoms with van der Waals surface area (Å²) in [5.74, 6) is 0.839. The van der Waals surface area contributed by atoms with E-state index in [2.05, 4.69) is 31.0 Å². The van der Waals surface area contributed by atoms with Crippen molar-refractivity contribution in [3.63, 3.8) is 0 Å². The number of nitrogens with one attached hydrogen (secondary N) is 1. The van der Waals surface area contributed by atoms with Crippen LogP contribution in [0.15, 0.2) is 89.1 Å². The fraction of sp³-hybridized carbons (Fsp3) is 0.0909. The minimum absolute atomic E-state index is 0.0631. The lowest BCUT2D eigenvalue weighted by molar-refractivity contribution is -0.117. The van der Waals surface area contributed by atoms with Gasteiger partial charge in [0.1, 0.15) is 12.3 Å².